The summed E-state index contributed by atoms with van der Waals surface area (Å²) in [5.74, 6) is 2.68. The molecule has 4 aliphatic carbocycles. The van der Waals surface area contributed by atoms with E-state index in [0.29, 0.717) is 6.54 Å². The highest BCUT2D eigenvalue weighted by Crippen LogP contribution is 2.56. The van der Waals surface area contributed by atoms with Crippen molar-refractivity contribution in [1.82, 2.24) is 10.6 Å². The van der Waals surface area contributed by atoms with E-state index in [1.807, 2.05) is 36.4 Å². The molecule has 0 saturated heterocycles. The number of carbonyl (C=O) groups is 1. The molecular weight excluding hydrogens is 344 g/mol. The summed E-state index contributed by atoms with van der Waals surface area (Å²) in [6.07, 6.45) is 7.97. The van der Waals surface area contributed by atoms with E-state index < -0.39 is 0 Å². The summed E-state index contributed by atoms with van der Waals surface area (Å²) < 4.78 is 0. The first-order valence-electron chi connectivity index (χ1n) is 10.8. The van der Waals surface area contributed by atoms with E-state index in [1.165, 1.54) is 38.5 Å². The molecule has 4 bridgehead atoms. The van der Waals surface area contributed by atoms with Crippen molar-refractivity contribution in [3.05, 3.63) is 71.8 Å². The van der Waals surface area contributed by atoms with Crippen LogP contribution in [0.3, 0.4) is 0 Å². The van der Waals surface area contributed by atoms with Crippen LogP contribution in [0.15, 0.2) is 60.7 Å². The minimum Gasteiger partial charge on any atom is -0.350 e. The van der Waals surface area contributed by atoms with Crippen LogP contribution in [0.1, 0.15) is 55.7 Å². The number of amides is 1. The van der Waals surface area contributed by atoms with Crippen molar-refractivity contribution in [3.63, 3.8) is 0 Å². The molecule has 1 atom stereocenters. The lowest BCUT2D eigenvalue weighted by Gasteiger charge is -2.57. The summed E-state index contributed by atoms with van der Waals surface area (Å²) in [5, 5.41) is 7.08. The van der Waals surface area contributed by atoms with Crippen molar-refractivity contribution >= 4 is 5.91 Å². The predicted octanol–water partition coefficient (Wildman–Crippen LogP) is 4.60. The van der Waals surface area contributed by atoms with E-state index in [2.05, 4.69) is 34.9 Å². The average Bonchev–Trinajstić information content (AvgIpc) is 2.71. The van der Waals surface area contributed by atoms with Gasteiger partial charge in [0.2, 0.25) is 5.91 Å². The third-order valence-electron chi connectivity index (χ3n) is 7.19. The Morgan fingerprint density at radius 2 is 1.39 bits per heavy atom. The van der Waals surface area contributed by atoms with Crippen molar-refractivity contribution in [2.45, 2.75) is 56.7 Å². The van der Waals surface area contributed by atoms with Crippen molar-refractivity contribution in [1.29, 1.82) is 0 Å². The number of benzene rings is 2. The molecule has 0 spiro atoms. The third kappa shape index (κ3) is 3.60. The van der Waals surface area contributed by atoms with Crippen molar-refractivity contribution in [3.8, 4) is 0 Å². The first-order valence-corrected chi connectivity index (χ1v) is 10.8. The molecule has 0 heterocycles. The van der Waals surface area contributed by atoms with E-state index in [4.69, 9.17) is 0 Å². The number of rotatable bonds is 6. The monoisotopic (exact) mass is 374 g/mol. The third-order valence-corrected chi connectivity index (χ3v) is 7.19. The Balaban J connectivity index is 1.35. The summed E-state index contributed by atoms with van der Waals surface area (Å²) in [5.41, 5.74) is 2.36. The van der Waals surface area contributed by atoms with Gasteiger partial charge in [0.25, 0.3) is 0 Å². The van der Waals surface area contributed by atoms with Crippen molar-refractivity contribution in [2.24, 2.45) is 17.8 Å². The Hall–Kier alpha value is -2.13. The molecular formula is C25H30N2O. The maximum absolute atomic E-state index is 13.3. The number of nitrogens with one attached hydrogen (secondary N) is 2. The Morgan fingerprint density at radius 1 is 0.857 bits per heavy atom. The Morgan fingerprint density at radius 3 is 1.96 bits per heavy atom. The fourth-order valence-electron chi connectivity index (χ4n) is 6.43. The zero-order valence-electron chi connectivity index (χ0n) is 16.4. The molecule has 4 saturated carbocycles. The maximum Gasteiger partial charge on any atom is 0.242 e. The van der Waals surface area contributed by atoms with Gasteiger partial charge in [-0.25, -0.2) is 0 Å². The zero-order valence-corrected chi connectivity index (χ0v) is 16.4. The van der Waals surface area contributed by atoms with Crippen LogP contribution < -0.4 is 10.6 Å². The fraction of sp³-hybridized carbons (Fsp3) is 0.480. The quantitative estimate of drug-likeness (QED) is 0.776. The Kier molecular flexibility index (Phi) is 4.72. The van der Waals surface area contributed by atoms with Gasteiger partial charge in [-0.05, 0) is 67.4 Å². The molecule has 3 heteroatoms. The van der Waals surface area contributed by atoms with Gasteiger partial charge in [0.05, 0.1) is 0 Å². The Labute approximate surface area is 167 Å². The molecule has 2 aromatic carbocycles. The van der Waals surface area contributed by atoms with Gasteiger partial charge in [0.1, 0.15) is 6.04 Å². The molecule has 2 aromatic rings. The first kappa shape index (κ1) is 17.9. The number of hydrogen-bond acceptors (Lipinski definition) is 2. The summed E-state index contributed by atoms with van der Waals surface area (Å²) in [6, 6.07) is 20.1. The van der Waals surface area contributed by atoms with Gasteiger partial charge in [0.15, 0.2) is 0 Å². The predicted molar refractivity (Wildman–Crippen MR) is 112 cm³/mol. The minimum atomic E-state index is -0.277. The Bertz CT molecular complexity index is 782. The molecule has 0 aliphatic heterocycles. The van der Waals surface area contributed by atoms with Gasteiger partial charge < -0.3 is 5.32 Å². The summed E-state index contributed by atoms with van der Waals surface area (Å²) in [6.45, 7) is 0.575. The lowest BCUT2D eigenvalue weighted by Crippen LogP contribution is -2.60. The second-order valence-electron chi connectivity index (χ2n) is 9.39. The van der Waals surface area contributed by atoms with E-state index in [-0.39, 0.29) is 17.5 Å². The van der Waals surface area contributed by atoms with Crippen LogP contribution in [0.25, 0.3) is 0 Å². The molecule has 0 radical (unpaired) electrons. The first-order chi connectivity index (χ1) is 13.7. The van der Waals surface area contributed by atoms with Crippen LogP contribution in [0, 0.1) is 17.8 Å². The standard InChI is InChI=1S/C25H30N2O/c28-24(26-17-18-7-3-1-4-8-18)23(22-9-5-2-6-10-22)27-25-14-19-11-20(15-25)13-21(12-19)16-25/h1-10,19-21,23,27H,11-17H2,(H,26,28). The van der Waals surface area contributed by atoms with Gasteiger partial charge in [-0.2, -0.15) is 0 Å². The summed E-state index contributed by atoms with van der Waals surface area (Å²) >= 11 is 0. The van der Waals surface area contributed by atoms with Gasteiger partial charge in [-0.1, -0.05) is 60.7 Å². The van der Waals surface area contributed by atoms with E-state index in [9.17, 15) is 4.79 Å². The highest BCUT2D eigenvalue weighted by atomic mass is 16.2. The van der Waals surface area contributed by atoms with E-state index in [0.717, 1.165) is 28.9 Å². The molecule has 28 heavy (non-hydrogen) atoms. The van der Waals surface area contributed by atoms with Crippen LogP contribution in [-0.4, -0.2) is 11.4 Å². The molecule has 1 unspecified atom stereocenters. The molecule has 4 fully saturated rings. The number of carbonyl (C=O) groups excluding carboxylic acids is 1. The van der Waals surface area contributed by atoms with Gasteiger partial charge in [-0.15, -0.1) is 0 Å². The SMILES string of the molecule is O=C(NCc1ccccc1)C(NC12CC3CC(CC(C3)C1)C2)c1ccccc1. The van der Waals surface area contributed by atoms with Crippen molar-refractivity contribution < 1.29 is 4.79 Å². The smallest absolute Gasteiger partial charge is 0.242 e. The van der Waals surface area contributed by atoms with Gasteiger partial charge in [0, 0.05) is 12.1 Å². The summed E-state index contributed by atoms with van der Waals surface area (Å²) in [7, 11) is 0. The molecule has 6 rings (SSSR count). The molecule has 146 valence electrons. The van der Waals surface area contributed by atoms with Crippen LogP contribution in [-0.2, 0) is 11.3 Å². The molecule has 0 aromatic heterocycles. The van der Waals surface area contributed by atoms with Crippen LogP contribution in [0.4, 0.5) is 0 Å². The molecule has 4 aliphatic rings. The average molecular weight is 375 g/mol. The van der Waals surface area contributed by atoms with Gasteiger partial charge >= 0.3 is 0 Å². The molecule has 3 nitrogen and oxygen atoms in total. The normalized spacial score (nSPS) is 31.5. The number of hydrogen-bond donors (Lipinski definition) is 2. The minimum absolute atomic E-state index is 0.0887. The second kappa shape index (κ2) is 7.36. The summed E-state index contributed by atoms with van der Waals surface area (Å²) in [4.78, 5) is 13.3. The lowest BCUT2D eigenvalue weighted by atomic mass is 9.53. The van der Waals surface area contributed by atoms with E-state index >= 15 is 0 Å². The molecule has 2 N–H and O–H groups in total. The maximum atomic E-state index is 13.3. The van der Waals surface area contributed by atoms with E-state index in [1.54, 1.807) is 0 Å². The fourth-order valence-corrected chi connectivity index (χ4v) is 6.43. The second-order valence-corrected chi connectivity index (χ2v) is 9.39. The topological polar surface area (TPSA) is 41.1 Å². The van der Waals surface area contributed by atoms with Crippen LogP contribution in [0.5, 0.6) is 0 Å². The highest BCUT2D eigenvalue weighted by Gasteiger charge is 2.51. The highest BCUT2D eigenvalue weighted by molar-refractivity contribution is 5.83. The molecule has 1 amide bonds. The zero-order chi connectivity index (χ0) is 19.0. The van der Waals surface area contributed by atoms with Crippen LogP contribution in [0.2, 0.25) is 0 Å². The largest absolute Gasteiger partial charge is 0.350 e. The van der Waals surface area contributed by atoms with Crippen LogP contribution >= 0.6 is 0 Å². The van der Waals surface area contributed by atoms with Crippen molar-refractivity contribution in [2.75, 3.05) is 0 Å². The van der Waals surface area contributed by atoms with Gasteiger partial charge in [-0.3, -0.25) is 10.1 Å². The lowest BCUT2D eigenvalue weighted by molar-refractivity contribution is -0.125.